The van der Waals surface area contributed by atoms with E-state index in [9.17, 15) is 0 Å². The summed E-state index contributed by atoms with van der Waals surface area (Å²) in [6.45, 7) is 16.4. The molecule has 0 aliphatic rings. The van der Waals surface area contributed by atoms with Gasteiger partial charge >= 0.3 is 0 Å². The molecule has 0 N–H and O–H groups in total. The maximum atomic E-state index is 6.08. The van der Waals surface area contributed by atoms with Gasteiger partial charge in [0.25, 0.3) is 0 Å². The summed E-state index contributed by atoms with van der Waals surface area (Å²) in [5.74, 6) is 0. The molecular formula is C10H30O2Si4. The Labute approximate surface area is 108 Å². The third-order valence-electron chi connectivity index (χ3n) is 2.33. The van der Waals surface area contributed by atoms with Crippen LogP contribution in [0.3, 0.4) is 0 Å². The minimum atomic E-state index is -1.52. The fourth-order valence-corrected chi connectivity index (χ4v) is 13.3. The van der Waals surface area contributed by atoms with Crippen molar-refractivity contribution in [2.75, 3.05) is 12.5 Å². The molecule has 16 heavy (non-hydrogen) atoms. The van der Waals surface area contributed by atoms with Gasteiger partial charge < -0.3 is 8.85 Å². The lowest BCUT2D eigenvalue weighted by molar-refractivity contribution is 0.310. The van der Waals surface area contributed by atoms with Crippen LogP contribution in [0, 0.1) is 0 Å². The molecule has 6 heteroatoms. The monoisotopic (exact) mass is 294 g/mol. The Balaban J connectivity index is 3.79. The Morgan fingerprint density at radius 3 is 1.94 bits per heavy atom. The Bertz CT molecular complexity index is 186. The lowest BCUT2D eigenvalue weighted by Crippen LogP contribution is -2.41. The van der Waals surface area contributed by atoms with E-state index in [1.807, 2.05) is 0 Å². The molecule has 0 heterocycles. The van der Waals surface area contributed by atoms with Gasteiger partial charge in [-0.15, -0.1) is 0 Å². The van der Waals surface area contributed by atoms with E-state index in [0.717, 1.165) is 12.5 Å². The van der Waals surface area contributed by atoms with Gasteiger partial charge in [-0.25, -0.2) is 0 Å². The highest BCUT2D eigenvalue weighted by Crippen LogP contribution is 2.08. The standard InChI is InChI=1S/C10H30O2Si4/c1-13(2)8-12-16(6,7)9-11-15(5)10-14(3)4/h13-15H,8-10H2,1-7H3. The zero-order valence-corrected chi connectivity index (χ0v) is 16.6. The van der Waals surface area contributed by atoms with Crippen molar-refractivity contribution < 1.29 is 8.85 Å². The van der Waals surface area contributed by atoms with Crippen LogP contribution in [-0.4, -0.2) is 47.4 Å². The van der Waals surface area contributed by atoms with Crippen molar-refractivity contribution in [3.8, 4) is 0 Å². The average Bonchev–Trinajstić information content (AvgIpc) is 2.11. The first-order chi connectivity index (χ1) is 7.23. The van der Waals surface area contributed by atoms with E-state index in [1.165, 1.54) is 5.67 Å². The molecule has 1 unspecified atom stereocenters. The second-order valence-electron chi connectivity index (χ2n) is 6.22. The molecule has 0 saturated heterocycles. The summed E-state index contributed by atoms with van der Waals surface area (Å²) in [5, 5.41) is 0. The van der Waals surface area contributed by atoms with Crippen LogP contribution in [0.4, 0.5) is 0 Å². The molecule has 0 aromatic carbocycles. The van der Waals surface area contributed by atoms with Crippen molar-refractivity contribution in [2.24, 2.45) is 0 Å². The molecule has 2 nitrogen and oxygen atoms in total. The lowest BCUT2D eigenvalue weighted by Gasteiger charge is -2.26. The van der Waals surface area contributed by atoms with Crippen LogP contribution in [0.25, 0.3) is 0 Å². The van der Waals surface area contributed by atoms with E-state index in [-0.39, 0.29) is 0 Å². The topological polar surface area (TPSA) is 18.5 Å². The second kappa shape index (κ2) is 7.99. The van der Waals surface area contributed by atoms with Gasteiger partial charge in [0.05, 0.1) is 15.0 Å². The molecule has 98 valence electrons. The third-order valence-corrected chi connectivity index (χ3v) is 12.8. The fourth-order valence-electron chi connectivity index (χ4n) is 1.51. The van der Waals surface area contributed by atoms with Crippen molar-refractivity contribution in [3.63, 3.8) is 0 Å². The van der Waals surface area contributed by atoms with E-state index in [1.54, 1.807) is 0 Å². The maximum Gasteiger partial charge on any atom is 0.209 e. The first-order valence-corrected chi connectivity index (χ1v) is 18.3. The van der Waals surface area contributed by atoms with Gasteiger partial charge in [0, 0.05) is 15.0 Å². The summed E-state index contributed by atoms with van der Waals surface area (Å²) in [7, 11) is -3.40. The molecule has 1 atom stereocenters. The summed E-state index contributed by atoms with van der Waals surface area (Å²) < 4.78 is 12.1. The van der Waals surface area contributed by atoms with Gasteiger partial charge in [0.1, 0.15) is 0 Å². The van der Waals surface area contributed by atoms with E-state index in [4.69, 9.17) is 8.85 Å². The molecule has 0 saturated carbocycles. The minimum Gasteiger partial charge on any atom is -0.421 e. The largest absolute Gasteiger partial charge is 0.421 e. The average molecular weight is 295 g/mol. The molecule has 0 amide bonds. The summed E-state index contributed by atoms with van der Waals surface area (Å²) >= 11 is 0. The maximum absolute atomic E-state index is 6.08. The molecular weight excluding hydrogens is 264 g/mol. The minimum absolute atomic E-state index is 0.428. The van der Waals surface area contributed by atoms with Crippen molar-refractivity contribution in [1.29, 1.82) is 0 Å². The smallest absolute Gasteiger partial charge is 0.209 e. The van der Waals surface area contributed by atoms with E-state index < -0.39 is 35.0 Å². The van der Waals surface area contributed by atoms with E-state index >= 15 is 0 Å². The molecule has 0 aromatic heterocycles. The normalized spacial score (nSPS) is 14.8. The van der Waals surface area contributed by atoms with Gasteiger partial charge in [0.15, 0.2) is 9.04 Å². The van der Waals surface area contributed by atoms with Crippen molar-refractivity contribution >= 4 is 35.0 Å². The molecule has 0 spiro atoms. The summed E-state index contributed by atoms with van der Waals surface area (Å²) in [5.41, 5.74) is 1.42. The van der Waals surface area contributed by atoms with E-state index in [0.29, 0.717) is 0 Å². The van der Waals surface area contributed by atoms with Crippen LogP contribution in [-0.2, 0) is 8.85 Å². The highest BCUT2D eigenvalue weighted by molar-refractivity contribution is 6.75. The number of hydrogen-bond donors (Lipinski definition) is 0. The zero-order valence-electron chi connectivity index (χ0n) is 12.2. The first-order valence-electron chi connectivity index (χ1n) is 6.48. The molecule has 0 aliphatic carbocycles. The van der Waals surface area contributed by atoms with Crippen LogP contribution in [0.5, 0.6) is 0 Å². The molecule has 0 aromatic rings. The molecule has 0 radical (unpaired) electrons. The summed E-state index contributed by atoms with van der Waals surface area (Å²) in [4.78, 5) is 0. The quantitative estimate of drug-likeness (QED) is 0.639. The SMILES string of the molecule is C[SiH](C)CO[Si](C)(C)CO[SiH](C)C[SiH](C)C. The van der Waals surface area contributed by atoms with Crippen molar-refractivity contribution in [3.05, 3.63) is 0 Å². The Morgan fingerprint density at radius 1 is 0.938 bits per heavy atom. The molecule has 0 bridgehead atoms. The second-order valence-corrected chi connectivity index (χ2v) is 20.1. The number of rotatable bonds is 8. The molecule has 0 rings (SSSR count). The molecule has 0 fully saturated rings. The Morgan fingerprint density at radius 2 is 1.50 bits per heavy atom. The highest BCUT2D eigenvalue weighted by Gasteiger charge is 2.24. The van der Waals surface area contributed by atoms with Crippen LogP contribution in [0.2, 0.25) is 51.5 Å². The van der Waals surface area contributed by atoms with Crippen molar-refractivity contribution in [1.82, 2.24) is 0 Å². The molecule has 0 aliphatic heterocycles. The van der Waals surface area contributed by atoms with Gasteiger partial charge in [-0.05, 0) is 25.3 Å². The van der Waals surface area contributed by atoms with Crippen LogP contribution >= 0.6 is 0 Å². The summed E-state index contributed by atoms with van der Waals surface area (Å²) in [6, 6.07) is 0. The Hall–Kier alpha value is 0.788. The highest BCUT2D eigenvalue weighted by atomic mass is 28.4. The Kier molecular flexibility index (Phi) is 8.38. The van der Waals surface area contributed by atoms with Crippen LogP contribution in [0.1, 0.15) is 0 Å². The van der Waals surface area contributed by atoms with Gasteiger partial charge in [-0.1, -0.05) is 26.2 Å². The summed E-state index contributed by atoms with van der Waals surface area (Å²) in [6.07, 6.45) is 1.94. The third kappa shape index (κ3) is 9.97. The lowest BCUT2D eigenvalue weighted by atomic mass is 11.7. The van der Waals surface area contributed by atoms with Crippen molar-refractivity contribution in [2.45, 2.75) is 51.5 Å². The van der Waals surface area contributed by atoms with Gasteiger partial charge in [0.2, 0.25) is 8.32 Å². The first kappa shape index (κ1) is 16.8. The zero-order chi connectivity index (χ0) is 12.8. The van der Waals surface area contributed by atoms with Gasteiger partial charge in [-0.2, -0.15) is 0 Å². The van der Waals surface area contributed by atoms with E-state index in [2.05, 4.69) is 45.8 Å². The predicted octanol–water partition coefficient (Wildman–Crippen LogP) is 2.17. The predicted molar refractivity (Wildman–Crippen MR) is 85.0 cm³/mol. The fraction of sp³-hybridized carbons (Fsp3) is 1.00. The van der Waals surface area contributed by atoms with Crippen LogP contribution in [0.15, 0.2) is 0 Å². The number of hydrogen-bond acceptors (Lipinski definition) is 2. The van der Waals surface area contributed by atoms with Gasteiger partial charge in [-0.3, -0.25) is 0 Å². The van der Waals surface area contributed by atoms with Crippen LogP contribution < -0.4 is 0 Å².